The Morgan fingerprint density at radius 1 is 1.52 bits per heavy atom. The molecule has 1 aliphatic rings. The number of fused-ring (bicyclic) bond motifs is 1. The summed E-state index contributed by atoms with van der Waals surface area (Å²) in [5, 5.41) is 35.8. The Morgan fingerprint density at radius 2 is 2.21 bits per heavy atom. The number of nitrogen functional groups attached to an aromatic ring is 1. The minimum Gasteiger partial charge on any atom is -0.480 e. The second-order valence-corrected chi connectivity index (χ2v) is 8.42. The number of aliphatic hydroxyl groups excluding tert-OH is 2. The van der Waals surface area contributed by atoms with Gasteiger partial charge < -0.3 is 30.7 Å². The number of ether oxygens (including phenoxy) is 1. The van der Waals surface area contributed by atoms with E-state index in [0.29, 0.717) is 11.2 Å². The predicted octanol–water partition coefficient (Wildman–Crippen LogP) is -1.17. The maximum atomic E-state index is 12.0. The molecular weight excluding hydrogens is 409 g/mol. The Kier molecular flexibility index (Phi) is 5.66. The fraction of sp³-hybridized carbons (Fsp3) is 0.533. The van der Waals surface area contributed by atoms with E-state index in [1.807, 2.05) is 5.09 Å². The van der Waals surface area contributed by atoms with E-state index in [-0.39, 0.29) is 5.82 Å². The van der Waals surface area contributed by atoms with Crippen LogP contribution in [0.2, 0.25) is 0 Å². The van der Waals surface area contributed by atoms with Gasteiger partial charge in [-0.25, -0.2) is 19.2 Å². The zero-order valence-corrected chi connectivity index (χ0v) is 16.4. The number of nitrogens with zero attached hydrogens (tertiary/aromatic N) is 3. The molecule has 0 saturated carbocycles. The van der Waals surface area contributed by atoms with Gasteiger partial charge in [-0.15, -0.1) is 0 Å². The molecule has 29 heavy (non-hydrogen) atoms. The standard InChI is InChI=1S/C15H22N5O8P/c1-7(14(23)24)19-29(25,26)27-5-9-11(21)12(22)15(2,28-9)10-4-3-8-13(16)17-6-18-20(8)10/h3-4,6-7,9,11-12,21-22H,5H2,1-2H3,(H,23,24)(H2,16,17,18)(H2,19,25,26)/t7?,9-,11-,12-,15+/m1/s1. The molecule has 13 nitrogen and oxygen atoms in total. The first-order valence-corrected chi connectivity index (χ1v) is 10.1. The third-order valence-electron chi connectivity index (χ3n) is 4.80. The van der Waals surface area contributed by atoms with E-state index < -0.39 is 50.3 Å². The second-order valence-electron chi connectivity index (χ2n) is 6.86. The fourth-order valence-corrected chi connectivity index (χ4v) is 4.19. The van der Waals surface area contributed by atoms with Crippen molar-refractivity contribution in [2.75, 3.05) is 12.3 Å². The Hall–Kier alpha value is -2.12. The van der Waals surface area contributed by atoms with E-state index >= 15 is 0 Å². The molecule has 2 unspecified atom stereocenters. The molecule has 3 heterocycles. The molecule has 160 valence electrons. The molecule has 1 saturated heterocycles. The molecule has 1 fully saturated rings. The summed E-state index contributed by atoms with van der Waals surface area (Å²) in [5.74, 6) is -1.13. The first-order chi connectivity index (χ1) is 13.5. The number of hydrogen-bond acceptors (Lipinski definition) is 9. The van der Waals surface area contributed by atoms with Crippen LogP contribution in [0.4, 0.5) is 5.82 Å². The van der Waals surface area contributed by atoms with Gasteiger partial charge in [-0.2, -0.15) is 5.10 Å². The monoisotopic (exact) mass is 431 g/mol. The van der Waals surface area contributed by atoms with E-state index in [4.69, 9.17) is 20.1 Å². The van der Waals surface area contributed by atoms with Gasteiger partial charge in [0.05, 0.1) is 12.3 Å². The van der Waals surface area contributed by atoms with Crippen LogP contribution in [0.1, 0.15) is 19.5 Å². The second kappa shape index (κ2) is 7.61. The van der Waals surface area contributed by atoms with Crippen LogP contribution < -0.4 is 10.8 Å². The van der Waals surface area contributed by atoms with Gasteiger partial charge in [-0.3, -0.25) is 9.32 Å². The van der Waals surface area contributed by atoms with Gasteiger partial charge >= 0.3 is 13.7 Å². The molecule has 0 aromatic carbocycles. The fourth-order valence-electron chi connectivity index (χ4n) is 3.17. The van der Waals surface area contributed by atoms with E-state index in [1.165, 1.54) is 24.7 Å². The highest BCUT2D eigenvalue weighted by Gasteiger charge is 2.54. The largest absolute Gasteiger partial charge is 0.480 e. The zero-order valence-electron chi connectivity index (χ0n) is 15.5. The average Bonchev–Trinajstić information content (AvgIpc) is 3.17. The lowest BCUT2D eigenvalue weighted by Gasteiger charge is -2.27. The summed E-state index contributed by atoms with van der Waals surface area (Å²) in [6.07, 6.45) is -2.83. The van der Waals surface area contributed by atoms with Gasteiger partial charge in [0.2, 0.25) is 0 Å². The summed E-state index contributed by atoms with van der Waals surface area (Å²) in [4.78, 5) is 24.4. The molecule has 3 rings (SSSR count). The van der Waals surface area contributed by atoms with Crippen molar-refractivity contribution in [2.24, 2.45) is 0 Å². The highest BCUT2D eigenvalue weighted by molar-refractivity contribution is 7.50. The summed E-state index contributed by atoms with van der Waals surface area (Å²) in [6.45, 7) is 2.10. The van der Waals surface area contributed by atoms with Crippen molar-refractivity contribution >= 4 is 25.1 Å². The van der Waals surface area contributed by atoms with Crippen molar-refractivity contribution in [1.29, 1.82) is 0 Å². The summed E-state index contributed by atoms with van der Waals surface area (Å²) >= 11 is 0. The van der Waals surface area contributed by atoms with Crippen LogP contribution in [0.25, 0.3) is 5.52 Å². The molecule has 0 spiro atoms. The number of anilines is 1. The van der Waals surface area contributed by atoms with E-state index in [0.717, 1.165) is 0 Å². The highest BCUT2D eigenvalue weighted by Crippen LogP contribution is 2.43. The Labute approximate surface area is 164 Å². The third kappa shape index (κ3) is 3.98. The number of nitrogens with one attached hydrogen (secondary N) is 1. The lowest BCUT2D eigenvalue weighted by Crippen LogP contribution is -2.39. The molecule has 2 aromatic heterocycles. The molecule has 7 N–H and O–H groups in total. The molecule has 14 heteroatoms. The molecular formula is C15H22N5O8P. The zero-order chi connectivity index (χ0) is 21.6. The minimum atomic E-state index is -4.49. The van der Waals surface area contributed by atoms with Gasteiger partial charge in [-0.1, -0.05) is 0 Å². The number of carboxylic acids is 1. The maximum Gasteiger partial charge on any atom is 0.403 e. The quantitative estimate of drug-likeness (QED) is 0.287. The van der Waals surface area contributed by atoms with E-state index in [9.17, 15) is 24.5 Å². The minimum absolute atomic E-state index is 0.211. The number of rotatable bonds is 7. The number of hydrogen-bond donors (Lipinski definition) is 6. The lowest BCUT2D eigenvalue weighted by atomic mass is 9.93. The van der Waals surface area contributed by atoms with Crippen molar-refractivity contribution in [3.05, 3.63) is 24.2 Å². The van der Waals surface area contributed by atoms with Crippen LogP contribution in [0.3, 0.4) is 0 Å². The van der Waals surface area contributed by atoms with Crippen molar-refractivity contribution in [3.8, 4) is 0 Å². The van der Waals surface area contributed by atoms with Gasteiger partial charge in [0, 0.05) is 0 Å². The normalized spacial score (nSPS) is 30.3. The maximum absolute atomic E-state index is 12.0. The van der Waals surface area contributed by atoms with Crippen molar-refractivity contribution < 1.29 is 38.8 Å². The van der Waals surface area contributed by atoms with Crippen LogP contribution in [0.15, 0.2) is 18.5 Å². The SMILES string of the molecule is CC(NP(=O)(O)OC[C@H]1O[C@@](C)(c2ccc3c(N)ncnn23)[C@H](O)[C@@H]1O)C(=O)O. The van der Waals surface area contributed by atoms with Crippen molar-refractivity contribution in [2.45, 2.75) is 43.8 Å². The van der Waals surface area contributed by atoms with Crippen LogP contribution >= 0.6 is 7.75 Å². The lowest BCUT2D eigenvalue weighted by molar-refractivity contribution is -0.138. The number of carbonyl (C=O) groups is 1. The number of aromatic nitrogens is 3. The van der Waals surface area contributed by atoms with Crippen molar-refractivity contribution in [1.82, 2.24) is 19.7 Å². The number of carboxylic acid groups (broad SMARTS) is 1. The van der Waals surface area contributed by atoms with Crippen LogP contribution in [-0.2, 0) is 24.2 Å². The summed E-state index contributed by atoms with van der Waals surface area (Å²) in [5.41, 5.74) is 5.21. The first kappa shape index (κ1) is 21.6. The molecule has 6 atom stereocenters. The Morgan fingerprint density at radius 3 is 2.86 bits per heavy atom. The van der Waals surface area contributed by atoms with Crippen LogP contribution in [-0.4, -0.2) is 71.7 Å². The van der Waals surface area contributed by atoms with Gasteiger partial charge in [0.25, 0.3) is 0 Å². The number of aliphatic hydroxyl groups is 2. The van der Waals surface area contributed by atoms with Gasteiger partial charge in [0.15, 0.2) is 5.82 Å². The smallest absolute Gasteiger partial charge is 0.403 e. The van der Waals surface area contributed by atoms with E-state index in [1.54, 1.807) is 12.1 Å². The average molecular weight is 431 g/mol. The molecule has 1 aliphatic heterocycles. The molecule has 0 amide bonds. The third-order valence-corrected chi connectivity index (χ3v) is 6.01. The summed E-state index contributed by atoms with van der Waals surface area (Å²) in [6, 6.07) is 1.89. The topological polar surface area (TPSA) is 202 Å². The molecule has 0 radical (unpaired) electrons. The van der Waals surface area contributed by atoms with Crippen LogP contribution in [0, 0.1) is 0 Å². The molecule has 2 aromatic rings. The van der Waals surface area contributed by atoms with E-state index in [2.05, 4.69) is 10.1 Å². The predicted molar refractivity (Wildman–Crippen MR) is 97.6 cm³/mol. The first-order valence-electron chi connectivity index (χ1n) is 8.57. The van der Waals surface area contributed by atoms with Crippen LogP contribution in [0.5, 0.6) is 0 Å². The van der Waals surface area contributed by atoms with Gasteiger partial charge in [0.1, 0.15) is 41.8 Å². The van der Waals surface area contributed by atoms with Gasteiger partial charge in [-0.05, 0) is 26.0 Å². The molecule has 0 bridgehead atoms. The Balaban J connectivity index is 1.78. The molecule has 0 aliphatic carbocycles. The van der Waals surface area contributed by atoms with Crippen molar-refractivity contribution in [3.63, 3.8) is 0 Å². The number of nitrogens with two attached hydrogens (primary N) is 1. The Bertz CT molecular complexity index is 969. The summed E-state index contributed by atoms with van der Waals surface area (Å²) in [7, 11) is -4.49. The number of aliphatic carboxylic acids is 1. The highest BCUT2D eigenvalue weighted by atomic mass is 31.2. The summed E-state index contributed by atoms with van der Waals surface area (Å²) < 4.78 is 24.1.